The van der Waals surface area contributed by atoms with E-state index in [0.29, 0.717) is 34.7 Å². The molecule has 314 valence electrons. The highest BCUT2D eigenvalue weighted by Crippen LogP contribution is 2.33. The Morgan fingerprint density at radius 2 is 1.75 bits per heavy atom. The molecule has 3 aliphatic heterocycles. The van der Waals surface area contributed by atoms with Gasteiger partial charge in [0.2, 0.25) is 18.2 Å². The van der Waals surface area contributed by atoms with Gasteiger partial charge >= 0.3 is 6.18 Å². The largest absolute Gasteiger partial charge is 0.433 e. The van der Waals surface area contributed by atoms with Crippen LogP contribution in [0, 0.1) is 12.8 Å². The zero-order chi connectivity index (χ0) is 42.6. The molecule has 1 aromatic heterocycles. The van der Waals surface area contributed by atoms with Crippen LogP contribution in [-0.4, -0.2) is 101 Å². The second-order valence-corrected chi connectivity index (χ2v) is 16.0. The molecule has 4 heterocycles. The number of imide groups is 2. The van der Waals surface area contributed by atoms with E-state index in [1.54, 1.807) is 25.3 Å². The van der Waals surface area contributed by atoms with E-state index in [1.807, 2.05) is 12.1 Å². The summed E-state index contributed by atoms with van der Waals surface area (Å²) in [6, 6.07) is 10.7. The third kappa shape index (κ3) is 10.3. The van der Waals surface area contributed by atoms with Gasteiger partial charge in [0.1, 0.15) is 17.4 Å². The maximum atomic E-state index is 13.5. The summed E-state index contributed by atoms with van der Waals surface area (Å²) >= 11 is 0. The fourth-order valence-corrected chi connectivity index (χ4v) is 7.82. The highest BCUT2D eigenvalue weighted by Gasteiger charge is 2.36. The fraction of sp³-hybridized carbons (Fsp3) is 0.452. The molecule has 0 aliphatic carbocycles. The molecule has 6 rings (SSSR count). The normalized spacial score (nSPS) is 18.8. The number of pyridine rings is 1. The number of amides is 5. The second kappa shape index (κ2) is 17.7. The number of nitrogens with zero attached hydrogens (tertiary/aromatic N) is 5. The Morgan fingerprint density at radius 3 is 2.39 bits per heavy atom. The number of anilines is 3. The van der Waals surface area contributed by atoms with E-state index >= 15 is 0 Å². The van der Waals surface area contributed by atoms with E-state index in [4.69, 9.17) is 10.7 Å². The van der Waals surface area contributed by atoms with Crippen LogP contribution in [0.1, 0.15) is 95.6 Å². The Morgan fingerprint density at radius 1 is 1.03 bits per heavy atom. The van der Waals surface area contributed by atoms with Gasteiger partial charge < -0.3 is 26.0 Å². The highest BCUT2D eigenvalue weighted by atomic mass is 19.4. The number of benzene rings is 2. The average molecular weight is 819 g/mol. The van der Waals surface area contributed by atoms with Crippen LogP contribution in [0.25, 0.3) is 0 Å². The molecule has 1 unspecified atom stereocenters. The van der Waals surface area contributed by atoms with E-state index in [0.717, 1.165) is 81.1 Å². The molecule has 0 saturated carbocycles. The van der Waals surface area contributed by atoms with Crippen molar-refractivity contribution in [1.29, 1.82) is 0 Å². The fourth-order valence-electron chi connectivity index (χ4n) is 7.82. The molecule has 3 saturated heterocycles. The minimum atomic E-state index is -4.72. The zero-order valence-corrected chi connectivity index (χ0v) is 33.2. The van der Waals surface area contributed by atoms with Crippen molar-refractivity contribution in [3.05, 3.63) is 82.2 Å². The lowest BCUT2D eigenvalue weighted by Crippen LogP contribution is -2.54. The quantitative estimate of drug-likeness (QED) is 0.0916. The van der Waals surface area contributed by atoms with Gasteiger partial charge in [-0.2, -0.15) is 13.2 Å². The number of aliphatic hydroxyl groups is 1. The third-order valence-corrected chi connectivity index (χ3v) is 11.2. The molecule has 5 amide bonds. The van der Waals surface area contributed by atoms with E-state index in [1.165, 1.54) is 26.0 Å². The van der Waals surface area contributed by atoms with Crippen LogP contribution in [0.15, 0.2) is 53.5 Å². The number of nitrogens with two attached hydrogens (primary N) is 1. The van der Waals surface area contributed by atoms with Crippen LogP contribution < -0.4 is 21.3 Å². The van der Waals surface area contributed by atoms with Crippen molar-refractivity contribution < 1.29 is 42.3 Å². The first-order valence-corrected chi connectivity index (χ1v) is 19.7. The van der Waals surface area contributed by atoms with Crippen LogP contribution >= 0.6 is 0 Å². The van der Waals surface area contributed by atoms with E-state index < -0.39 is 52.8 Å². The van der Waals surface area contributed by atoms with Crippen molar-refractivity contribution >= 4 is 53.3 Å². The van der Waals surface area contributed by atoms with Crippen molar-refractivity contribution in [1.82, 2.24) is 20.1 Å². The molecule has 3 aliphatic rings. The van der Waals surface area contributed by atoms with E-state index in [9.17, 15) is 42.3 Å². The number of aryl methyl sites for hydroxylation is 1. The number of alkyl halides is 3. The molecule has 3 fully saturated rings. The number of carbonyl (C=O) groups excluding carboxylic acids is 5. The number of hydrogen-bond acceptors (Lipinski definition) is 11. The third-order valence-electron chi connectivity index (χ3n) is 11.2. The Hall–Kier alpha value is -5.68. The molecule has 3 aromatic rings. The number of carbonyl (C=O) groups is 5. The van der Waals surface area contributed by atoms with Crippen molar-refractivity contribution in [2.45, 2.75) is 83.2 Å². The molecule has 59 heavy (non-hydrogen) atoms. The van der Waals surface area contributed by atoms with Crippen molar-refractivity contribution in [2.24, 2.45) is 10.9 Å². The summed E-state index contributed by atoms with van der Waals surface area (Å²) < 4.78 is 39.7. The van der Waals surface area contributed by atoms with Gasteiger partial charge in [-0.1, -0.05) is 12.1 Å². The summed E-state index contributed by atoms with van der Waals surface area (Å²) in [6.45, 7) is 9.02. The highest BCUT2D eigenvalue weighted by molar-refractivity contribution is 6.08. The van der Waals surface area contributed by atoms with E-state index in [2.05, 4.69) is 25.4 Å². The lowest BCUT2D eigenvalue weighted by atomic mass is 9.93. The van der Waals surface area contributed by atoms with Gasteiger partial charge in [-0.15, -0.1) is 0 Å². The lowest BCUT2D eigenvalue weighted by Gasteiger charge is -2.38. The van der Waals surface area contributed by atoms with Crippen molar-refractivity contribution in [2.75, 3.05) is 48.7 Å². The number of nitrogen functional groups attached to an aromatic ring is 1. The topological polar surface area (TPSA) is 191 Å². The van der Waals surface area contributed by atoms with Crippen LogP contribution in [0.3, 0.4) is 0 Å². The number of aliphatic imine (C=N–C) groups is 1. The number of halogens is 3. The van der Waals surface area contributed by atoms with Gasteiger partial charge in [0.15, 0.2) is 0 Å². The Labute approximate surface area is 340 Å². The standard InChI is InChI=1S/C42H49F3N8O6/c1-25-7-8-29(20-30(25)40(58)53(24-54)35-9-10-37(55)50-39(35)57)52-17-11-26(12-18-52)23-51-15-13-28(14-16-51)47-22-27-19-34(31(21-32(27)46)41(2,3)59)49-38(56)33-5-4-6-36(48-33)42(43,44)45/h4-8,19-22,24,26,28,35,59H,9-18,23,46H2,1-3H3,(H,49,56)(H,50,55,57). The molecule has 2 aromatic carbocycles. The summed E-state index contributed by atoms with van der Waals surface area (Å²) in [6.07, 6.45) is 0.945. The number of piperidine rings is 3. The predicted molar refractivity (Wildman–Crippen MR) is 215 cm³/mol. The SMILES string of the molecule is Cc1ccc(N2CCC(CN3CCC(N=Cc4cc(NC(=O)c5cccc(C(F)(F)F)n5)c(C(C)(C)O)cc4N)CC3)CC2)cc1C(=O)N(C=O)C1CCC(=O)NC1=O. The monoisotopic (exact) mass is 818 g/mol. The van der Waals surface area contributed by atoms with E-state index in [-0.39, 0.29) is 30.1 Å². The van der Waals surface area contributed by atoms with Gasteiger partial charge in [-0.05, 0) is 101 Å². The second-order valence-electron chi connectivity index (χ2n) is 16.0. The van der Waals surface area contributed by atoms with Gasteiger partial charge in [0.05, 0.1) is 11.6 Å². The molecular weight excluding hydrogens is 770 g/mol. The molecular formula is C42H49F3N8O6. The maximum absolute atomic E-state index is 13.5. The average Bonchev–Trinajstić information content (AvgIpc) is 3.19. The number of aromatic nitrogens is 1. The minimum absolute atomic E-state index is 0.0253. The summed E-state index contributed by atoms with van der Waals surface area (Å²) in [5.74, 6) is -2.06. The van der Waals surface area contributed by atoms with Crippen molar-refractivity contribution in [3.8, 4) is 0 Å². The first-order chi connectivity index (χ1) is 27.9. The number of rotatable bonds is 11. The Balaban J connectivity index is 1.02. The smallest absolute Gasteiger partial charge is 0.398 e. The van der Waals surface area contributed by atoms with Gasteiger partial charge in [0.25, 0.3) is 11.8 Å². The Kier molecular flexibility index (Phi) is 12.8. The molecule has 0 bridgehead atoms. The summed E-state index contributed by atoms with van der Waals surface area (Å²) in [5, 5.41) is 15.6. The molecule has 0 radical (unpaired) electrons. The van der Waals surface area contributed by atoms with Gasteiger partial charge in [-0.3, -0.25) is 39.2 Å². The Bertz CT molecular complexity index is 2120. The van der Waals surface area contributed by atoms with Gasteiger partial charge in [-0.25, -0.2) is 4.98 Å². The molecule has 14 nitrogen and oxygen atoms in total. The first-order valence-electron chi connectivity index (χ1n) is 19.7. The number of nitrogens with one attached hydrogen (secondary N) is 2. The molecule has 17 heteroatoms. The molecule has 0 spiro atoms. The molecule has 5 N–H and O–H groups in total. The van der Waals surface area contributed by atoms with Gasteiger partial charge in [0, 0.05) is 79.1 Å². The predicted octanol–water partition coefficient (Wildman–Crippen LogP) is 4.67. The van der Waals surface area contributed by atoms with Crippen LogP contribution in [0.4, 0.5) is 30.2 Å². The lowest BCUT2D eigenvalue weighted by molar-refractivity contribution is -0.141. The van der Waals surface area contributed by atoms with Crippen LogP contribution in [0.5, 0.6) is 0 Å². The minimum Gasteiger partial charge on any atom is -0.398 e. The van der Waals surface area contributed by atoms with Crippen LogP contribution in [0.2, 0.25) is 0 Å². The van der Waals surface area contributed by atoms with Crippen LogP contribution in [-0.2, 0) is 26.2 Å². The summed E-state index contributed by atoms with van der Waals surface area (Å²) in [4.78, 5) is 76.3. The number of hydrogen-bond donors (Lipinski definition) is 4. The van der Waals surface area contributed by atoms with Crippen molar-refractivity contribution in [3.63, 3.8) is 0 Å². The zero-order valence-electron chi connectivity index (χ0n) is 33.2. The summed E-state index contributed by atoms with van der Waals surface area (Å²) in [7, 11) is 0. The first kappa shape index (κ1) is 42.9. The molecule has 1 atom stereocenters. The number of likely N-dealkylation sites (tertiary alicyclic amines) is 1. The summed E-state index contributed by atoms with van der Waals surface area (Å²) in [5.41, 5.74) is 6.40. The maximum Gasteiger partial charge on any atom is 0.433 e.